The fraction of sp³-hybridized carbons (Fsp3) is 1.00. The minimum Gasteiger partial charge on any atom is -0.379 e. The number of nitrogens with zero attached hydrogens (tertiary/aromatic N) is 1. The molecule has 1 saturated heterocycles. The Balaban J connectivity index is 2.66. The van der Waals surface area contributed by atoms with Crippen molar-refractivity contribution in [1.82, 2.24) is 4.90 Å². The first kappa shape index (κ1) is 12.9. The van der Waals surface area contributed by atoms with Gasteiger partial charge in [-0.1, -0.05) is 20.3 Å². The summed E-state index contributed by atoms with van der Waals surface area (Å²) in [5, 5.41) is 0. The SMILES string of the molecule is CCCC(CC)(OCC)N1CCOCC1. The van der Waals surface area contributed by atoms with E-state index < -0.39 is 0 Å². The maximum atomic E-state index is 6.03. The summed E-state index contributed by atoms with van der Waals surface area (Å²) in [6, 6.07) is 0. The molecule has 1 aliphatic heterocycles. The van der Waals surface area contributed by atoms with Gasteiger partial charge in [0.05, 0.1) is 13.2 Å². The Kier molecular flexibility index (Phi) is 5.58. The van der Waals surface area contributed by atoms with Gasteiger partial charge in [0.2, 0.25) is 0 Å². The highest BCUT2D eigenvalue weighted by atomic mass is 16.5. The highest BCUT2D eigenvalue weighted by Gasteiger charge is 2.35. The van der Waals surface area contributed by atoms with Gasteiger partial charge in [-0.15, -0.1) is 0 Å². The molecule has 1 fully saturated rings. The molecule has 1 heterocycles. The van der Waals surface area contributed by atoms with Crippen LogP contribution >= 0.6 is 0 Å². The van der Waals surface area contributed by atoms with Gasteiger partial charge in [0.25, 0.3) is 0 Å². The zero-order valence-corrected chi connectivity index (χ0v) is 10.4. The van der Waals surface area contributed by atoms with E-state index in [9.17, 15) is 0 Å². The Bertz CT molecular complexity index is 161. The quantitative estimate of drug-likeness (QED) is 0.678. The fourth-order valence-electron chi connectivity index (χ4n) is 2.45. The maximum Gasteiger partial charge on any atom is 0.121 e. The van der Waals surface area contributed by atoms with Crippen molar-refractivity contribution in [2.45, 2.75) is 45.8 Å². The van der Waals surface area contributed by atoms with E-state index in [4.69, 9.17) is 9.47 Å². The molecule has 3 nitrogen and oxygen atoms in total. The van der Waals surface area contributed by atoms with Crippen LogP contribution in [0.25, 0.3) is 0 Å². The van der Waals surface area contributed by atoms with E-state index in [2.05, 4.69) is 25.7 Å². The third-order valence-electron chi connectivity index (χ3n) is 3.19. The maximum absolute atomic E-state index is 6.03. The smallest absolute Gasteiger partial charge is 0.121 e. The average molecular weight is 215 g/mol. The van der Waals surface area contributed by atoms with Crippen molar-refractivity contribution in [1.29, 1.82) is 0 Å². The molecule has 15 heavy (non-hydrogen) atoms. The molecule has 0 aromatic heterocycles. The molecule has 0 spiro atoms. The molecule has 0 aromatic carbocycles. The van der Waals surface area contributed by atoms with Gasteiger partial charge in [-0.3, -0.25) is 4.90 Å². The Morgan fingerprint density at radius 1 is 1.20 bits per heavy atom. The van der Waals surface area contributed by atoms with Gasteiger partial charge in [0.1, 0.15) is 5.72 Å². The predicted molar refractivity (Wildman–Crippen MR) is 61.9 cm³/mol. The summed E-state index contributed by atoms with van der Waals surface area (Å²) >= 11 is 0. The Morgan fingerprint density at radius 3 is 2.33 bits per heavy atom. The second-order valence-electron chi connectivity index (χ2n) is 4.08. The number of hydrogen-bond acceptors (Lipinski definition) is 3. The van der Waals surface area contributed by atoms with E-state index in [0.717, 1.165) is 45.8 Å². The third-order valence-corrected chi connectivity index (χ3v) is 3.19. The zero-order valence-electron chi connectivity index (χ0n) is 10.4. The molecule has 3 heteroatoms. The lowest BCUT2D eigenvalue weighted by Crippen LogP contribution is -2.54. The highest BCUT2D eigenvalue weighted by Crippen LogP contribution is 2.28. The van der Waals surface area contributed by atoms with Gasteiger partial charge in [0, 0.05) is 19.7 Å². The summed E-state index contributed by atoms with van der Waals surface area (Å²) in [6.45, 7) is 11.0. The molecule has 1 unspecified atom stereocenters. The molecule has 0 aromatic rings. The van der Waals surface area contributed by atoms with Crippen LogP contribution in [0.1, 0.15) is 40.0 Å². The summed E-state index contributed by atoms with van der Waals surface area (Å²) in [6.07, 6.45) is 3.36. The normalized spacial score (nSPS) is 22.6. The van der Waals surface area contributed by atoms with Crippen molar-refractivity contribution < 1.29 is 9.47 Å². The van der Waals surface area contributed by atoms with Crippen LogP contribution in [-0.4, -0.2) is 43.5 Å². The molecule has 1 aliphatic rings. The third kappa shape index (κ3) is 3.16. The van der Waals surface area contributed by atoms with E-state index in [0.29, 0.717) is 0 Å². The van der Waals surface area contributed by atoms with Gasteiger partial charge in [-0.05, 0) is 19.8 Å². The monoisotopic (exact) mass is 215 g/mol. The van der Waals surface area contributed by atoms with Gasteiger partial charge in [0.15, 0.2) is 0 Å². The largest absolute Gasteiger partial charge is 0.379 e. The molecule has 0 bridgehead atoms. The molecular formula is C12H25NO2. The van der Waals surface area contributed by atoms with E-state index in [-0.39, 0.29) is 5.72 Å². The van der Waals surface area contributed by atoms with Crippen molar-refractivity contribution in [2.24, 2.45) is 0 Å². The highest BCUT2D eigenvalue weighted by molar-refractivity contribution is 4.81. The summed E-state index contributed by atoms with van der Waals surface area (Å²) in [5.74, 6) is 0. The van der Waals surface area contributed by atoms with E-state index in [1.165, 1.54) is 6.42 Å². The fourth-order valence-corrected chi connectivity index (χ4v) is 2.45. The molecule has 1 rings (SSSR count). The van der Waals surface area contributed by atoms with Crippen LogP contribution in [0, 0.1) is 0 Å². The number of hydrogen-bond donors (Lipinski definition) is 0. The van der Waals surface area contributed by atoms with Crippen LogP contribution < -0.4 is 0 Å². The standard InChI is InChI=1S/C12H25NO2/c1-4-7-12(5-2,15-6-3)13-8-10-14-11-9-13/h4-11H2,1-3H3. The lowest BCUT2D eigenvalue weighted by atomic mass is 10.0. The van der Waals surface area contributed by atoms with Crippen molar-refractivity contribution in [3.05, 3.63) is 0 Å². The van der Waals surface area contributed by atoms with Crippen LogP contribution in [-0.2, 0) is 9.47 Å². The summed E-state index contributed by atoms with van der Waals surface area (Å²) in [4.78, 5) is 2.46. The molecule has 0 saturated carbocycles. The summed E-state index contributed by atoms with van der Waals surface area (Å²) < 4.78 is 11.4. The average Bonchev–Trinajstić information content (AvgIpc) is 2.30. The minimum absolute atomic E-state index is 0.0344. The van der Waals surface area contributed by atoms with Crippen molar-refractivity contribution in [3.8, 4) is 0 Å². The summed E-state index contributed by atoms with van der Waals surface area (Å²) in [7, 11) is 0. The molecule has 0 amide bonds. The molecule has 90 valence electrons. The first-order valence-corrected chi connectivity index (χ1v) is 6.25. The second kappa shape index (κ2) is 6.46. The number of rotatable bonds is 6. The molecule has 0 aliphatic carbocycles. The van der Waals surface area contributed by atoms with E-state index in [1.54, 1.807) is 0 Å². The second-order valence-corrected chi connectivity index (χ2v) is 4.08. The molecule has 0 N–H and O–H groups in total. The van der Waals surface area contributed by atoms with Gasteiger partial charge in [-0.2, -0.15) is 0 Å². The Labute approximate surface area is 93.7 Å². The van der Waals surface area contributed by atoms with E-state index in [1.807, 2.05) is 0 Å². The van der Waals surface area contributed by atoms with Crippen molar-refractivity contribution >= 4 is 0 Å². The number of ether oxygens (including phenoxy) is 2. The Morgan fingerprint density at radius 2 is 1.87 bits per heavy atom. The van der Waals surface area contributed by atoms with Crippen LogP contribution in [0.15, 0.2) is 0 Å². The van der Waals surface area contributed by atoms with Gasteiger partial charge in [-0.25, -0.2) is 0 Å². The van der Waals surface area contributed by atoms with Crippen molar-refractivity contribution in [3.63, 3.8) is 0 Å². The van der Waals surface area contributed by atoms with Gasteiger partial charge < -0.3 is 9.47 Å². The van der Waals surface area contributed by atoms with Crippen LogP contribution in [0.5, 0.6) is 0 Å². The minimum atomic E-state index is -0.0344. The molecular weight excluding hydrogens is 190 g/mol. The lowest BCUT2D eigenvalue weighted by Gasteiger charge is -2.44. The first-order chi connectivity index (χ1) is 7.29. The molecule has 1 atom stereocenters. The van der Waals surface area contributed by atoms with Crippen molar-refractivity contribution in [2.75, 3.05) is 32.9 Å². The Hall–Kier alpha value is -0.120. The predicted octanol–water partition coefficient (Wildman–Crippen LogP) is 2.26. The molecule has 0 radical (unpaired) electrons. The topological polar surface area (TPSA) is 21.7 Å². The van der Waals surface area contributed by atoms with Crippen LogP contribution in [0.3, 0.4) is 0 Å². The van der Waals surface area contributed by atoms with E-state index >= 15 is 0 Å². The number of morpholine rings is 1. The lowest BCUT2D eigenvalue weighted by molar-refractivity contribution is -0.182. The zero-order chi connectivity index (χ0) is 11.1. The van der Waals surface area contributed by atoms with Crippen LogP contribution in [0.2, 0.25) is 0 Å². The first-order valence-electron chi connectivity index (χ1n) is 6.25. The summed E-state index contributed by atoms with van der Waals surface area (Å²) in [5.41, 5.74) is -0.0344. The van der Waals surface area contributed by atoms with Crippen LogP contribution in [0.4, 0.5) is 0 Å². The van der Waals surface area contributed by atoms with Gasteiger partial charge >= 0.3 is 0 Å².